The Kier molecular flexibility index (Phi) is 4.19. The van der Waals surface area contributed by atoms with Crippen LogP contribution in [0.25, 0.3) is 11.4 Å². The summed E-state index contributed by atoms with van der Waals surface area (Å²) in [7, 11) is 0. The molecule has 23 heavy (non-hydrogen) atoms. The van der Waals surface area contributed by atoms with Crippen molar-refractivity contribution in [2.24, 2.45) is 0 Å². The number of nitrogens with zero attached hydrogens (tertiary/aromatic N) is 2. The number of H-pyrrole nitrogens is 1. The van der Waals surface area contributed by atoms with E-state index in [4.69, 9.17) is 4.52 Å². The van der Waals surface area contributed by atoms with E-state index in [-0.39, 0.29) is 0 Å². The Morgan fingerprint density at radius 3 is 2.70 bits per heavy atom. The summed E-state index contributed by atoms with van der Waals surface area (Å²) < 4.78 is 5.34. The van der Waals surface area contributed by atoms with Crippen molar-refractivity contribution in [1.29, 1.82) is 0 Å². The number of aromatic nitrogens is 3. The summed E-state index contributed by atoms with van der Waals surface area (Å²) >= 11 is 0. The van der Waals surface area contributed by atoms with Crippen LogP contribution in [0, 0.1) is 20.8 Å². The van der Waals surface area contributed by atoms with Crippen molar-refractivity contribution in [1.82, 2.24) is 15.1 Å². The highest BCUT2D eigenvalue weighted by atomic mass is 16.5. The molecule has 0 radical (unpaired) electrons. The largest absolute Gasteiger partial charge is 0.381 e. The third-order valence-corrected chi connectivity index (χ3v) is 4.12. The minimum Gasteiger partial charge on any atom is -0.381 e. The SMILES string of the molecule is CCc1onc(C)c1CNc1cccc(-c2nc(C)c(C)[nH]2)c1. The lowest BCUT2D eigenvalue weighted by Gasteiger charge is -2.08. The molecule has 5 heteroatoms. The maximum absolute atomic E-state index is 5.34. The zero-order valence-electron chi connectivity index (χ0n) is 14.0. The van der Waals surface area contributed by atoms with Gasteiger partial charge in [-0.1, -0.05) is 24.2 Å². The number of imidazole rings is 1. The molecule has 0 unspecified atom stereocenters. The van der Waals surface area contributed by atoms with Crippen LogP contribution in [0.5, 0.6) is 0 Å². The van der Waals surface area contributed by atoms with E-state index in [9.17, 15) is 0 Å². The van der Waals surface area contributed by atoms with Gasteiger partial charge in [0.25, 0.3) is 0 Å². The highest BCUT2D eigenvalue weighted by Gasteiger charge is 2.11. The second kappa shape index (κ2) is 6.28. The first-order valence-corrected chi connectivity index (χ1v) is 7.90. The summed E-state index contributed by atoms with van der Waals surface area (Å²) in [6, 6.07) is 8.25. The van der Waals surface area contributed by atoms with Gasteiger partial charge in [0.15, 0.2) is 0 Å². The molecule has 120 valence electrons. The van der Waals surface area contributed by atoms with Crippen molar-refractivity contribution in [2.45, 2.75) is 40.7 Å². The average molecular weight is 310 g/mol. The lowest BCUT2D eigenvalue weighted by Crippen LogP contribution is -2.02. The molecule has 2 N–H and O–H groups in total. The number of rotatable bonds is 5. The quantitative estimate of drug-likeness (QED) is 0.742. The van der Waals surface area contributed by atoms with Crippen molar-refractivity contribution in [3.63, 3.8) is 0 Å². The number of hydrogen-bond acceptors (Lipinski definition) is 4. The number of anilines is 1. The van der Waals surface area contributed by atoms with E-state index in [0.29, 0.717) is 6.54 Å². The molecule has 2 aromatic heterocycles. The molecular formula is C18H22N4O. The summed E-state index contributed by atoms with van der Waals surface area (Å²) in [5.41, 5.74) is 6.35. The summed E-state index contributed by atoms with van der Waals surface area (Å²) in [6.45, 7) is 8.81. The van der Waals surface area contributed by atoms with Gasteiger partial charge in [-0.25, -0.2) is 4.98 Å². The molecule has 0 spiro atoms. The highest BCUT2D eigenvalue weighted by Crippen LogP contribution is 2.22. The fourth-order valence-electron chi connectivity index (χ4n) is 2.59. The third kappa shape index (κ3) is 3.13. The number of aryl methyl sites for hydroxylation is 4. The van der Waals surface area contributed by atoms with Gasteiger partial charge in [0, 0.05) is 35.5 Å². The molecule has 5 nitrogen and oxygen atoms in total. The Balaban J connectivity index is 1.79. The second-order valence-corrected chi connectivity index (χ2v) is 5.75. The predicted octanol–water partition coefficient (Wildman–Crippen LogP) is 4.16. The average Bonchev–Trinajstić information content (AvgIpc) is 3.08. The van der Waals surface area contributed by atoms with Crippen molar-refractivity contribution in [2.75, 3.05) is 5.32 Å². The Hall–Kier alpha value is -2.56. The van der Waals surface area contributed by atoms with Gasteiger partial charge in [0.1, 0.15) is 11.6 Å². The van der Waals surface area contributed by atoms with Crippen molar-refractivity contribution in [3.05, 3.63) is 52.7 Å². The van der Waals surface area contributed by atoms with Gasteiger partial charge in [0.05, 0.1) is 11.4 Å². The molecule has 0 fully saturated rings. The van der Waals surface area contributed by atoms with Crippen LogP contribution in [0.3, 0.4) is 0 Å². The number of nitrogens with one attached hydrogen (secondary N) is 2. The summed E-state index contributed by atoms with van der Waals surface area (Å²) in [5, 5.41) is 7.50. The van der Waals surface area contributed by atoms with Gasteiger partial charge in [-0.3, -0.25) is 0 Å². The summed E-state index contributed by atoms with van der Waals surface area (Å²) in [4.78, 5) is 7.89. The van der Waals surface area contributed by atoms with E-state index < -0.39 is 0 Å². The van der Waals surface area contributed by atoms with Gasteiger partial charge in [-0.2, -0.15) is 0 Å². The lowest BCUT2D eigenvalue weighted by molar-refractivity contribution is 0.382. The number of benzene rings is 1. The van der Waals surface area contributed by atoms with E-state index in [1.807, 2.05) is 26.8 Å². The minimum atomic E-state index is 0.707. The van der Waals surface area contributed by atoms with E-state index in [1.165, 1.54) is 0 Å². The van der Waals surface area contributed by atoms with Crippen LogP contribution in [0.2, 0.25) is 0 Å². The topological polar surface area (TPSA) is 66.7 Å². The summed E-state index contributed by atoms with van der Waals surface area (Å²) in [5.74, 6) is 1.85. The maximum atomic E-state index is 5.34. The van der Waals surface area contributed by atoms with Crippen LogP contribution in [0.1, 0.15) is 35.3 Å². The molecule has 0 aliphatic heterocycles. The van der Waals surface area contributed by atoms with Crippen LogP contribution in [0.4, 0.5) is 5.69 Å². The maximum Gasteiger partial charge on any atom is 0.141 e. The van der Waals surface area contributed by atoms with Gasteiger partial charge in [0.2, 0.25) is 0 Å². The molecule has 1 aromatic carbocycles. The fraction of sp³-hybridized carbons (Fsp3) is 0.333. The van der Waals surface area contributed by atoms with Gasteiger partial charge < -0.3 is 14.8 Å². The highest BCUT2D eigenvalue weighted by molar-refractivity contribution is 5.63. The molecule has 0 saturated carbocycles. The molecule has 0 atom stereocenters. The Morgan fingerprint density at radius 1 is 1.17 bits per heavy atom. The van der Waals surface area contributed by atoms with Crippen LogP contribution >= 0.6 is 0 Å². The monoisotopic (exact) mass is 310 g/mol. The molecule has 0 amide bonds. The molecule has 3 rings (SSSR count). The normalized spacial score (nSPS) is 11.0. The molecule has 2 heterocycles. The first-order chi connectivity index (χ1) is 11.1. The minimum absolute atomic E-state index is 0.707. The number of aromatic amines is 1. The molecule has 0 bridgehead atoms. The van der Waals surface area contributed by atoms with E-state index >= 15 is 0 Å². The van der Waals surface area contributed by atoms with Gasteiger partial charge in [-0.15, -0.1) is 0 Å². The molecule has 0 aliphatic carbocycles. The van der Waals surface area contributed by atoms with Crippen LogP contribution in [-0.4, -0.2) is 15.1 Å². The van der Waals surface area contributed by atoms with E-state index in [1.54, 1.807) is 0 Å². The second-order valence-electron chi connectivity index (χ2n) is 5.75. The van der Waals surface area contributed by atoms with Crippen molar-refractivity contribution < 1.29 is 4.52 Å². The molecular weight excluding hydrogens is 288 g/mol. The zero-order chi connectivity index (χ0) is 16.4. The standard InChI is InChI=1S/C18H22N4O/c1-5-17-16(13(4)22-23-17)10-19-15-8-6-7-14(9-15)18-20-11(2)12(3)21-18/h6-9,19H,5,10H2,1-4H3,(H,20,21). The lowest BCUT2D eigenvalue weighted by atomic mass is 10.1. The van der Waals surface area contributed by atoms with Gasteiger partial charge in [-0.05, 0) is 32.9 Å². The third-order valence-electron chi connectivity index (χ3n) is 4.12. The zero-order valence-corrected chi connectivity index (χ0v) is 14.0. The van der Waals surface area contributed by atoms with Crippen molar-refractivity contribution in [3.8, 4) is 11.4 Å². The van der Waals surface area contributed by atoms with Crippen LogP contribution in [0.15, 0.2) is 28.8 Å². The smallest absolute Gasteiger partial charge is 0.141 e. The molecule has 0 aliphatic rings. The van der Waals surface area contributed by atoms with Crippen LogP contribution in [-0.2, 0) is 13.0 Å². The molecule has 3 aromatic rings. The Bertz CT molecular complexity index is 797. The first kappa shape index (κ1) is 15.3. The first-order valence-electron chi connectivity index (χ1n) is 7.90. The summed E-state index contributed by atoms with van der Waals surface area (Å²) in [6.07, 6.45) is 0.850. The van der Waals surface area contributed by atoms with E-state index in [2.05, 4.69) is 45.6 Å². The van der Waals surface area contributed by atoms with Gasteiger partial charge >= 0.3 is 0 Å². The predicted molar refractivity (Wildman–Crippen MR) is 91.4 cm³/mol. The van der Waals surface area contributed by atoms with Crippen molar-refractivity contribution >= 4 is 5.69 Å². The Labute approximate surface area is 136 Å². The Morgan fingerprint density at radius 2 is 2.00 bits per heavy atom. The number of hydrogen-bond donors (Lipinski definition) is 2. The van der Waals surface area contributed by atoms with E-state index in [0.717, 1.165) is 51.9 Å². The molecule has 0 saturated heterocycles. The van der Waals surface area contributed by atoms with Crippen LogP contribution < -0.4 is 5.32 Å². The fourth-order valence-corrected chi connectivity index (χ4v) is 2.59.